The number of aromatic amines is 1. The van der Waals surface area contributed by atoms with E-state index in [1.54, 1.807) is 4.90 Å². The maximum atomic E-state index is 11.9. The smallest absolute Gasteiger partial charge is 0.274 e. The van der Waals surface area contributed by atoms with E-state index in [0.717, 1.165) is 19.4 Å². The van der Waals surface area contributed by atoms with Crippen molar-refractivity contribution in [1.29, 1.82) is 0 Å². The Hall–Kier alpha value is -1.65. The summed E-state index contributed by atoms with van der Waals surface area (Å²) < 4.78 is 0. The Balaban J connectivity index is 2.20. The Morgan fingerprint density at radius 3 is 2.93 bits per heavy atom. The highest BCUT2D eigenvalue weighted by atomic mass is 16.2. The summed E-state index contributed by atoms with van der Waals surface area (Å²) in [6, 6.07) is 3.05. The van der Waals surface area contributed by atoms with E-state index >= 15 is 0 Å². The standard InChI is InChI=1S/C10H13N3O2/c1-7-3-2-6-13(7)10(15)8-4-5-9(14)12-11-8/h4-5,7H,2-3,6H2,1H3,(H,12,14). The molecule has 1 unspecified atom stereocenters. The van der Waals surface area contributed by atoms with E-state index < -0.39 is 0 Å². The van der Waals surface area contributed by atoms with Crippen LogP contribution in [0, 0.1) is 0 Å². The zero-order valence-corrected chi connectivity index (χ0v) is 8.56. The van der Waals surface area contributed by atoms with Crippen molar-refractivity contribution in [3.05, 3.63) is 28.2 Å². The van der Waals surface area contributed by atoms with E-state index in [1.165, 1.54) is 12.1 Å². The average Bonchev–Trinajstić information content (AvgIpc) is 2.65. The summed E-state index contributed by atoms with van der Waals surface area (Å²) in [6.45, 7) is 2.80. The second-order valence-corrected chi connectivity index (χ2v) is 3.80. The molecule has 1 aliphatic heterocycles. The predicted molar refractivity (Wildman–Crippen MR) is 54.6 cm³/mol. The van der Waals surface area contributed by atoms with E-state index in [1.807, 2.05) is 6.92 Å². The number of rotatable bonds is 1. The minimum Gasteiger partial charge on any atom is -0.335 e. The number of H-pyrrole nitrogens is 1. The number of hydrogen-bond acceptors (Lipinski definition) is 3. The van der Waals surface area contributed by atoms with Gasteiger partial charge in [0.25, 0.3) is 11.5 Å². The van der Waals surface area contributed by atoms with Crippen molar-refractivity contribution < 1.29 is 4.79 Å². The van der Waals surface area contributed by atoms with Crippen molar-refractivity contribution in [3.8, 4) is 0 Å². The fourth-order valence-electron chi connectivity index (χ4n) is 1.85. The highest BCUT2D eigenvalue weighted by Gasteiger charge is 2.26. The van der Waals surface area contributed by atoms with Crippen LogP contribution < -0.4 is 5.56 Å². The molecule has 2 heterocycles. The van der Waals surface area contributed by atoms with E-state index in [-0.39, 0.29) is 17.5 Å². The molecule has 1 atom stereocenters. The van der Waals surface area contributed by atoms with Crippen molar-refractivity contribution in [2.45, 2.75) is 25.8 Å². The van der Waals surface area contributed by atoms with Crippen molar-refractivity contribution in [3.63, 3.8) is 0 Å². The Morgan fingerprint density at radius 1 is 1.60 bits per heavy atom. The number of nitrogens with one attached hydrogen (secondary N) is 1. The number of likely N-dealkylation sites (tertiary alicyclic amines) is 1. The van der Waals surface area contributed by atoms with Crippen LogP contribution in [-0.4, -0.2) is 33.6 Å². The lowest BCUT2D eigenvalue weighted by Gasteiger charge is -2.20. The first kappa shape index (κ1) is 9.89. The molecule has 5 nitrogen and oxygen atoms in total. The first-order chi connectivity index (χ1) is 7.18. The molecule has 0 bridgehead atoms. The zero-order valence-electron chi connectivity index (χ0n) is 8.56. The molecule has 0 spiro atoms. The van der Waals surface area contributed by atoms with Crippen LogP contribution in [0.2, 0.25) is 0 Å². The topological polar surface area (TPSA) is 66.1 Å². The highest BCUT2D eigenvalue weighted by molar-refractivity contribution is 5.92. The highest BCUT2D eigenvalue weighted by Crippen LogP contribution is 2.18. The molecule has 1 amide bonds. The third-order valence-electron chi connectivity index (χ3n) is 2.71. The number of amides is 1. The maximum Gasteiger partial charge on any atom is 0.274 e. The molecule has 0 radical (unpaired) electrons. The van der Waals surface area contributed by atoms with Crippen molar-refractivity contribution >= 4 is 5.91 Å². The molecule has 1 aromatic heterocycles. The van der Waals surface area contributed by atoms with Gasteiger partial charge in [-0.05, 0) is 25.8 Å². The van der Waals surface area contributed by atoms with Crippen molar-refractivity contribution in [2.24, 2.45) is 0 Å². The SMILES string of the molecule is CC1CCCN1C(=O)c1ccc(=O)[nH]n1. The van der Waals surface area contributed by atoms with Gasteiger partial charge < -0.3 is 4.90 Å². The molecule has 1 saturated heterocycles. The molecule has 80 valence electrons. The fraction of sp³-hybridized carbons (Fsp3) is 0.500. The van der Waals surface area contributed by atoms with Gasteiger partial charge in [-0.2, -0.15) is 5.10 Å². The van der Waals surface area contributed by atoms with E-state index in [0.29, 0.717) is 5.69 Å². The van der Waals surface area contributed by atoms with Crippen LogP contribution in [-0.2, 0) is 0 Å². The molecular weight excluding hydrogens is 194 g/mol. The molecule has 2 rings (SSSR count). The summed E-state index contributed by atoms with van der Waals surface area (Å²) in [5, 5.41) is 5.99. The molecule has 5 heteroatoms. The van der Waals surface area contributed by atoms with Gasteiger partial charge in [-0.15, -0.1) is 0 Å². The molecule has 0 aliphatic carbocycles. The first-order valence-corrected chi connectivity index (χ1v) is 5.05. The Labute approximate surface area is 87.1 Å². The van der Waals surface area contributed by atoms with Gasteiger partial charge in [-0.25, -0.2) is 5.10 Å². The van der Waals surface area contributed by atoms with Crippen LogP contribution in [0.5, 0.6) is 0 Å². The van der Waals surface area contributed by atoms with Gasteiger partial charge in [0.2, 0.25) is 0 Å². The second-order valence-electron chi connectivity index (χ2n) is 3.80. The summed E-state index contributed by atoms with van der Waals surface area (Å²) in [4.78, 5) is 24.5. The van der Waals surface area contributed by atoms with Crippen molar-refractivity contribution in [1.82, 2.24) is 15.1 Å². The van der Waals surface area contributed by atoms with Crippen LogP contribution in [0.3, 0.4) is 0 Å². The third-order valence-corrected chi connectivity index (χ3v) is 2.71. The fourth-order valence-corrected chi connectivity index (χ4v) is 1.85. The Kier molecular flexibility index (Phi) is 2.53. The lowest BCUT2D eigenvalue weighted by atomic mass is 10.2. The average molecular weight is 207 g/mol. The number of aromatic nitrogens is 2. The largest absolute Gasteiger partial charge is 0.335 e. The van der Waals surface area contributed by atoms with Gasteiger partial charge in [-0.3, -0.25) is 9.59 Å². The van der Waals surface area contributed by atoms with Crippen LogP contribution in [0.15, 0.2) is 16.9 Å². The number of carbonyl (C=O) groups excluding carboxylic acids is 1. The van der Waals surface area contributed by atoms with Gasteiger partial charge in [0.15, 0.2) is 0 Å². The van der Waals surface area contributed by atoms with Crippen molar-refractivity contribution in [2.75, 3.05) is 6.54 Å². The minimum absolute atomic E-state index is 0.101. The number of nitrogens with zero attached hydrogens (tertiary/aromatic N) is 2. The molecule has 0 saturated carbocycles. The summed E-state index contributed by atoms with van der Waals surface area (Å²) in [7, 11) is 0. The van der Waals surface area contributed by atoms with Gasteiger partial charge in [0.05, 0.1) is 0 Å². The Bertz CT molecular complexity index is 406. The predicted octanol–water partition coefficient (Wildman–Crippen LogP) is 0.394. The van der Waals surface area contributed by atoms with E-state index in [4.69, 9.17) is 0 Å². The van der Waals surface area contributed by atoms with Gasteiger partial charge in [-0.1, -0.05) is 0 Å². The lowest BCUT2D eigenvalue weighted by Crippen LogP contribution is -2.34. The van der Waals surface area contributed by atoms with Crippen LogP contribution in [0.25, 0.3) is 0 Å². The zero-order chi connectivity index (χ0) is 10.8. The second kappa shape index (κ2) is 3.84. The molecule has 0 aromatic carbocycles. The molecule has 1 aliphatic rings. The summed E-state index contributed by atoms with van der Waals surface area (Å²) in [5.74, 6) is -0.101. The monoisotopic (exact) mass is 207 g/mol. The lowest BCUT2D eigenvalue weighted by molar-refractivity contribution is 0.0740. The molecule has 1 N–H and O–H groups in total. The Morgan fingerprint density at radius 2 is 2.40 bits per heavy atom. The van der Waals surface area contributed by atoms with Gasteiger partial charge in [0.1, 0.15) is 5.69 Å². The van der Waals surface area contributed by atoms with Crippen LogP contribution in [0.4, 0.5) is 0 Å². The number of hydrogen-bond donors (Lipinski definition) is 1. The quantitative estimate of drug-likeness (QED) is 0.724. The first-order valence-electron chi connectivity index (χ1n) is 5.05. The summed E-state index contributed by atoms with van der Waals surface area (Å²) in [5.41, 5.74) is 0.0179. The maximum absolute atomic E-state index is 11.9. The normalized spacial score (nSPS) is 20.6. The van der Waals surface area contributed by atoms with E-state index in [9.17, 15) is 9.59 Å². The molecule has 1 fully saturated rings. The van der Waals surface area contributed by atoms with Crippen LogP contribution in [0.1, 0.15) is 30.3 Å². The molecule has 15 heavy (non-hydrogen) atoms. The minimum atomic E-state index is -0.291. The van der Waals surface area contributed by atoms with Gasteiger partial charge in [0, 0.05) is 18.7 Å². The van der Waals surface area contributed by atoms with Gasteiger partial charge >= 0.3 is 0 Å². The summed E-state index contributed by atoms with van der Waals surface area (Å²) >= 11 is 0. The van der Waals surface area contributed by atoms with E-state index in [2.05, 4.69) is 10.2 Å². The summed E-state index contributed by atoms with van der Waals surface area (Å²) in [6.07, 6.45) is 2.07. The molecule has 1 aromatic rings. The third kappa shape index (κ3) is 1.91. The van der Waals surface area contributed by atoms with Crippen LogP contribution >= 0.6 is 0 Å². The molecular formula is C10H13N3O2. The number of carbonyl (C=O) groups is 1.